The average Bonchev–Trinajstić information content (AvgIpc) is 3.22. The first kappa shape index (κ1) is 23.8. The molecule has 2 heterocycles. The Morgan fingerprint density at radius 1 is 1.00 bits per heavy atom. The third-order valence-corrected chi connectivity index (χ3v) is 8.57. The van der Waals surface area contributed by atoms with Crippen LogP contribution in [0, 0.1) is 11.7 Å². The molecule has 0 spiro atoms. The highest BCUT2D eigenvalue weighted by Gasteiger charge is 2.30. The van der Waals surface area contributed by atoms with Gasteiger partial charge in [0.25, 0.3) is 0 Å². The molecule has 0 aliphatic carbocycles. The molecule has 5 rings (SSSR count). The van der Waals surface area contributed by atoms with Crippen LogP contribution in [-0.2, 0) is 23.2 Å². The van der Waals surface area contributed by atoms with Gasteiger partial charge in [0.05, 0.1) is 21.0 Å². The highest BCUT2D eigenvalue weighted by molar-refractivity contribution is 7.89. The van der Waals surface area contributed by atoms with Crippen LogP contribution in [0.5, 0.6) is 5.75 Å². The summed E-state index contributed by atoms with van der Waals surface area (Å²) in [5, 5.41) is -0.196. The summed E-state index contributed by atoms with van der Waals surface area (Å²) in [5.74, 6) is 1.27. The number of piperidine rings is 1. The molecule has 1 aliphatic heterocycles. The molecule has 0 N–H and O–H groups in total. The zero-order valence-electron chi connectivity index (χ0n) is 19.0. The van der Waals surface area contributed by atoms with Gasteiger partial charge in [0.2, 0.25) is 10.0 Å². The Hall–Kier alpha value is -2.94. The number of ether oxygens (including phenoxy) is 1. The third kappa shape index (κ3) is 5.05. The second-order valence-corrected chi connectivity index (χ2v) is 11.0. The molecular weight excluding hydrogens is 489 g/mol. The van der Waals surface area contributed by atoms with Gasteiger partial charge in [-0.3, -0.25) is 0 Å². The summed E-state index contributed by atoms with van der Waals surface area (Å²) in [4.78, 5) is 4.81. The van der Waals surface area contributed by atoms with Crippen molar-refractivity contribution in [1.82, 2.24) is 13.9 Å². The van der Waals surface area contributed by atoms with Crippen LogP contribution < -0.4 is 4.74 Å². The molecule has 1 fully saturated rings. The fraction of sp³-hybridized carbons (Fsp3) is 0.269. The summed E-state index contributed by atoms with van der Waals surface area (Å²) in [6.45, 7) is 1.86. The van der Waals surface area contributed by atoms with Crippen molar-refractivity contribution in [2.24, 2.45) is 5.92 Å². The Morgan fingerprint density at radius 2 is 1.71 bits per heavy atom. The SMILES string of the molecule is O=S(=O)(c1ccc(F)c(Cl)c1)N1CCC(Cn2c(COc3ccccc3)nc3ccccc32)CC1. The standard InChI is InChI=1S/C26H25ClFN3O3S/c27-22-16-21(10-11-23(22)28)35(32,33)30-14-12-19(13-15-30)17-31-25-9-5-4-8-24(25)29-26(31)18-34-20-6-2-1-3-7-20/h1-11,16,19H,12-15,17-18H2. The summed E-state index contributed by atoms with van der Waals surface area (Å²) >= 11 is 5.81. The number of hydrogen-bond acceptors (Lipinski definition) is 4. The normalized spacial score (nSPS) is 15.5. The highest BCUT2D eigenvalue weighted by atomic mass is 35.5. The zero-order chi connectivity index (χ0) is 24.4. The van der Waals surface area contributed by atoms with E-state index < -0.39 is 15.8 Å². The first-order valence-electron chi connectivity index (χ1n) is 11.5. The van der Waals surface area contributed by atoms with Gasteiger partial charge in [-0.1, -0.05) is 41.9 Å². The van der Waals surface area contributed by atoms with E-state index >= 15 is 0 Å². The maximum atomic E-state index is 13.5. The van der Waals surface area contributed by atoms with Gasteiger partial charge >= 0.3 is 0 Å². The number of fused-ring (bicyclic) bond motifs is 1. The Labute approximate surface area is 209 Å². The van der Waals surface area contributed by atoms with Crippen LogP contribution in [0.2, 0.25) is 5.02 Å². The molecule has 0 radical (unpaired) electrons. The maximum Gasteiger partial charge on any atom is 0.243 e. The Kier molecular flexibility index (Phi) is 6.77. The molecule has 9 heteroatoms. The summed E-state index contributed by atoms with van der Waals surface area (Å²) in [6.07, 6.45) is 1.42. The van der Waals surface area contributed by atoms with E-state index in [2.05, 4.69) is 4.57 Å². The van der Waals surface area contributed by atoms with Crippen molar-refractivity contribution < 1.29 is 17.5 Å². The van der Waals surface area contributed by atoms with Crippen LogP contribution in [-0.4, -0.2) is 35.4 Å². The molecule has 3 aromatic carbocycles. The molecule has 6 nitrogen and oxygen atoms in total. The summed E-state index contributed by atoms with van der Waals surface area (Å²) in [6, 6.07) is 21.2. The molecule has 0 amide bonds. The van der Waals surface area contributed by atoms with E-state index in [0.717, 1.165) is 35.2 Å². The summed E-state index contributed by atoms with van der Waals surface area (Å²) in [5.41, 5.74) is 1.95. The number of rotatable bonds is 7. The van der Waals surface area contributed by atoms with Crippen molar-refractivity contribution in [3.63, 3.8) is 0 Å². The van der Waals surface area contributed by atoms with Crippen LogP contribution in [0.4, 0.5) is 4.39 Å². The zero-order valence-corrected chi connectivity index (χ0v) is 20.6. The summed E-state index contributed by atoms with van der Waals surface area (Å²) in [7, 11) is -3.73. The largest absolute Gasteiger partial charge is 0.486 e. The lowest BCUT2D eigenvalue weighted by Gasteiger charge is -2.31. The summed E-state index contributed by atoms with van der Waals surface area (Å²) < 4.78 is 49.2. The number of para-hydroxylation sites is 3. The smallest absolute Gasteiger partial charge is 0.243 e. The first-order chi connectivity index (χ1) is 16.9. The molecule has 0 saturated carbocycles. The lowest BCUT2D eigenvalue weighted by molar-refractivity contribution is 0.244. The molecular formula is C26H25ClFN3O3S. The number of hydrogen-bond donors (Lipinski definition) is 0. The van der Waals surface area contributed by atoms with E-state index in [-0.39, 0.29) is 15.8 Å². The number of aromatic nitrogens is 2. The average molecular weight is 514 g/mol. The predicted molar refractivity (Wildman–Crippen MR) is 133 cm³/mol. The number of halogens is 2. The van der Waals surface area contributed by atoms with Gasteiger partial charge < -0.3 is 9.30 Å². The van der Waals surface area contributed by atoms with Crippen molar-refractivity contribution in [2.75, 3.05) is 13.1 Å². The Bertz CT molecular complexity index is 1440. The number of imidazole rings is 1. The van der Waals surface area contributed by atoms with Gasteiger partial charge in [-0.15, -0.1) is 0 Å². The van der Waals surface area contributed by atoms with E-state index in [1.54, 1.807) is 0 Å². The Morgan fingerprint density at radius 3 is 2.46 bits per heavy atom. The van der Waals surface area contributed by atoms with Crippen LogP contribution in [0.25, 0.3) is 11.0 Å². The van der Waals surface area contributed by atoms with Gasteiger partial charge in [0.15, 0.2) is 0 Å². The van der Waals surface area contributed by atoms with Crippen molar-refractivity contribution in [2.45, 2.75) is 30.9 Å². The van der Waals surface area contributed by atoms with Crippen LogP contribution in [0.3, 0.4) is 0 Å². The number of sulfonamides is 1. The van der Waals surface area contributed by atoms with Gasteiger partial charge in [0.1, 0.15) is 24.0 Å². The minimum absolute atomic E-state index is 0.0169. The maximum absolute atomic E-state index is 13.5. The quantitative estimate of drug-likeness (QED) is 0.327. The fourth-order valence-electron chi connectivity index (χ4n) is 4.48. The van der Waals surface area contributed by atoms with E-state index in [1.165, 1.54) is 16.4 Å². The fourth-order valence-corrected chi connectivity index (χ4v) is 6.22. The van der Waals surface area contributed by atoms with Gasteiger partial charge in [-0.05, 0) is 61.2 Å². The first-order valence-corrected chi connectivity index (χ1v) is 13.3. The second kappa shape index (κ2) is 9.97. The van der Waals surface area contributed by atoms with Crippen molar-refractivity contribution in [1.29, 1.82) is 0 Å². The monoisotopic (exact) mass is 513 g/mol. The topological polar surface area (TPSA) is 64.4 Å². The van der Waals surface area contributed by atoms with Crippen LogP contribution >= 0.6 is 11.6 Å². The molecule has 4 aromatic rings. The second-order valence-electron chi connectivity index (χ2n) is 8.65. The van der Waals surface area contributed by atoms with E-state index in [9.17, 15) is 12.8 Å². The molecule has 0 unspecified atom stereocenters. The van der Waals surface area contributed by atoms with Crippen molar-refractivity contribution in [3.05, 3.63) is 89.5 Å². The van der Waals surface area contributed by atoms with Crippen LogP contribution in [0.1, 0.15) is 18.7 Å². The molecule has 1 aromatic heterocycles. The molecule has 1 aliphatic rings. The molecule has 0 bridgehead atoms. The van der Waals surface area contributed by atoms with Gasteiger partial charge in [-0.2, -0.15) is 4.31 Å². The molecule has 182 valence electrons. The highest BCUT2D eigenvalue weighted by Crippen LogP contribution is 2.29. The lowest BCUT2D eigenvalue weighted by Crippen LogP contribution is -2.39. The minimum Gasteiger partial charge on any atom is -0.486 e. The van der Waals surface area contributed by atoms with Crippen molar-refractivity contribution >= 4 is 32.7 Å². The van der Waals surface area contributed by atoms with Crippen molar-refractivity contribution in [3.8, 4) is 5.75 Å². The van der Waals surface area contributed by atoms with E-state index in [4.69, 9.17) is 21.3 Å². The van der Waals surface area contributed by atoms with Gasteiger partial charge in [0, 0.05) is 19.6 Å². The van der Waals surface area contributed by atoms with Gasteiger partial charge in [-0.25, -0.2) is 17.8 Å². The predicted octanol–water partition coefficient (Wildman–Crippen LogP) is 5.51. The Balaban J connectivity index is 1.30. The number of nitrogens with zero attached hydrogens (tertiary/aromatic N) is 3. The van der Waals surface area contributed by atoms with E-state index in [0.29, 0.717) is 32.5 Å². The lowest BCUT2D eigenvalue weighted by atomic mass is 9.98. The number of benzene rings is 3. The van der Waals surface area contributed by atoms with Crippen LogP contribution in [0.15, 0.2) is 77.7 Å². The minimum atomic E-state index is -3.73. The van der Waals surface area contributed by atoms with E-state index in [1.807, 2.05) is 54.6 Å². The molecule has 0 atom stereocenters. The third-order valence-electron chi connectivity index (χ3n) is 6.39. The molecule has 1 saturated heterocycles. The molecule has 35 heavy (non-hydrogen) atoms.